The van der Waals surface area contributed by atoms with Crippen LogP contribution in [0.4, 0.5) is 5.69 Å². The summed E-state index contributed by atoms with van der Waals surface area (Å²) in [6.07, 6.45) is 3.35. The van der Waals surface area contributed by atoms with Gasteiger partial charge in [-0.05, 0) is 76.2 Å². The van der Waals surface area contributed by atoms with E-state index >= 15 is 0 Å². The van der Waals surface area contributed by atoms with E-state index in [9.17, 15) is 13.2 Å². The van der Waals surface area contributed by atoms with E-state index in [-0.39, 0.29) is 27.1 Å². The van der Waals surface area contributed by atoms with Crippen LogP contribution in [-0.4, -0.2) is 45.4 Å². The summed E-state index contributed by atoms with van der Waals surface area (Å²) in [5.74, 6) is -0.312. The minimum atomic E-state index is -3.75. The zero-order valence-electron chi connectivity index (χ0n) is 16.4. The van der Waals surface area contributed by atoms with Gasteiger partial charge in [-0.25, -0.2) is 8.42 Å². The second-order valence-electron chi connectivity index (χ2n) is 7.27. The van der Waals surface area contributed by atoms with Gasteiger partial charge in [-0.3, -0.25) is 9.52 Å². The van der Waals surface area contributed by atoms with Crippen LogP contribution >= 0.6 is 11.6 Å². The van der Waals surface area contributed by atoms with Crippen molar-refractivity contribution in [3.8, 4) is 0 Å². The number of likely N-dealkylation sites (tertiary alicyclic amines) is 1. The summed E-state index contributed by atoms with van der Waals surface area (Å²) < 4.78 is 27.6. The van der Waals surface area contributed by atoms with Gasteiger partial charge in [0.05, 0.1) is 15.5 Å². The monoisotopic (exact) mass is 435 g/mol. The van der Waals surface area contributed by atoms with Gasteiger partial charge in [0.1, 0.15) is 0 Å². The molecular weight excluding hydrogens is 410 g/mol. The van der Waals surface area contributed by atoms with Crippen molar-refractivity contribution in [1.29, 1.82) is 0 Å². The van der Waals surface area contributed by atoms with Gasteiger partial charge in [-0.1, -0.05) is 29.3 Å². The van der Waals surface area contributed by atoms with Crippen molar-refractivity contribution < 1.29 is 13.2 Å². The standard InChI is InChI=1S/C21H26ClN3O3S/c1-16-5-8-18(9-6-16)29(27,28)24-17-7-10-20(22)19(15-17)21(26)23-11-4-14-25-12-2-3-13-25/h5-10,15,24H,2-4,11-14H2,1H3,(H,23,26). The first kappa shape index (κ1) is 21.6. The van der Waals surface area contributed by atoms with E-state index in [0.717, 1.165) is 31.6 Å². The number of carbonyl (C=O) groups is 1. The maximum Gasteiger partial charge on any atom is 0.261 e. The van der Waals surface area contributed by atoms with Crippen molar-refractivity contribution in [2.45, 2.75) is 31.1 Å². The SMILES string of the molecule is Cc1ccc(S(=O)(=O)Nc2ccc(Cl)c(C(=O)NCCCN3CCCC3)c2)cc1. The number of aryl methyl sites for hydroxylation is 1. The van der Waals surface area contributed by atoms with Crippen LogP contribution in [0.5, 0.6) is 0 Å². The molecule has 6 nitrogen and oxygen atoms in total. The first-order valence-electron chi connectivity index (χ1n) is 9.75. The summed E-state index contributed by atoms with van der Waals surface area (Å²) in [6.45, 7) is 5.65. The van der Waals surface area contributed by atoms with E-state index in [0.29, 0.717) is 6.54 Å². The number of nitrogens with zero attached hydrogens (tertiary/aromatic N) is 1. The maximum absolute atomic E-state index is 12.6. The molecule has 0 radical (unpaired) electrons. The number of amides is 1. The molecule has 0 spiro atoms. The Labute approximate surface area is 177 Å². The highest BCUT2D eigenvalue weighted by molar-refractivity contribution is 7.92. The summed E-state index contributed by atoms with van der Waals surface area (Å²) in [6, 6.07) is 11.1. The molecule has 2 N–H and O–H groups in total. The number of benzene rings is 2. The molecule has 8 heteroatoms. The van der Waals surface area contributed by atoms with Crippen LogP contribution in [0.15, 0.2) is 47.4 Å². The van der Waals surface area contributed by atoms with Crippen molar-refractivity contribution in [2.24, 2.45) is 0 Å². The number of hydrogen-bond donors (Lipinski definition) is 2. The van der Waals surface area contributed by atoms with Gasteiger partial charge in [-0.15, -0.1) is 0 Å². The minimum absolute atomic E-state index is 0.158. The Morgan fingerprint density at radius 1 is 1.10 bits per heavy atom. The Hall–Kier alpha value is -2.09. The molecule has 1 saturated heterocycles. The van der Waals surface area contributed by atoms with Gasteiger partial charge in [0.2, 0.25) is 0 Å². The average Bonchev–Trinajstić information content (AvgIpc) is 3.20. The fraction of sp³-hybridized carbons (Fsp3) is 0.381. The number of carbonyl (C=O) groups excluding carboxylic acids is 1. The highest BCUT2D eigenvalue weighted by atomic mass is 35.5. The summed E-state index contributed by atoms with van der Waals surface area (Å²) in [7, 11) is -3.75. The summed E-state index contributed by atoms with van der Waals surface area (Å²) in [4.78, 5) is 15.0. The number of hydrogen-bond acceptors (Lipinski definition) is 4. The Balaban J connectivity index is 1.62. The van der Waals surface area contributed by atoms with Crippen molar-refractivity contribution in [3.05, 3.63) is 58.6 Å². The molecule has 1 aliphatic rings. The Kier molecular flexibility index (Phi) is 7.16. The lowest BCUT2D eigenvalue weighted by atomic mass is 10.2. The number of rotatable bonds is 8. The zero-order valence-corrected chi connectivity index (χ0v) is 18.0. The molecule has 3 rings (SSSR count). The average molecular weight is 436 g/mol. The van der Waals surface area contributed by atoms with Gasteiger partial charge >= 0.3 is 0 Å². The molecule has 1 heterocycles. The third-order valence-electron chi connectivity index (χ3n) is 4.93. The van der Waals surface area contributed by atoms with Crippen molar-refractivity contribution in [1.82, 2.24) is 10.2 Å². The summed E-state index contributed by atoms with van der Waals surface area (Å²) in [5, 5.41) is 3.14. The van der Waals surface area contributed by atoms with Crippen LogP contribution in [0.1, 0.15) is 35.2 Å². The minimum Gasteiger partial charge on any atom is -0.352 e. The first-order chi connectivity index (χ1) is 13.8. The van der Waals surface area contributed by atoms with E-state index in [1.165, 1.54) is 31.0 Å². The third kappa shape index (κ3) is 5.95. The van der Waals surface area contributed by atoms with Crippen LogP contribution in [0.2, 0.25) is 5.02 Å². The topological polar surface area (TPSA) is 78.5 Å². The predicted octanol–water partition coefficient (Wildman–Crippen LogP) is 3.66. The lowest BCUT2D eigenvalue weighted by molar-refractivity contribution is 0.0952. The largest absolute Gasteiger partial charge is 0.352 e. The smallest absolute Gasteiger partial charge is 0.261 e. The van der Waals surface area contributed by atoms with E-state index in [2.05, 4.69) is 14.9 Å². The van der Waals surface area contributed by atoms with Crippen molar-refractivity contribution >= 4 is 33.2 Å². The second-order valence-corrected chi connectivity index (χ2v) is 9.36. The van der Waals surface area contributed by atoms with Crippen molar-refractivity contribution in [2.75, 3.05) is 30.9 Å². The van der Waals surface area contributed by atoms with Gasteiger partial charge in [0.25, 0.3) is 15.9 Å². The molecule has 0 bridgehead atoms. The zero-order chi connectivity index (χ0) is 20.9. The molecule has 0 aliphatic carbocycles. The lowest BCUT2D eigenvalue weighted by Gasteiger charge is -2.15. The molecule has 1 fully saturated rings. The Morgan fingerprint density at radius 2 is 1.79 bits per heavy atom. The van der Waals surface area contributed by atoms with Crippen LogP contribution in [-0.2, 0) is 10.0 Å². The molecule has 1 aliphatic heterocycles. The number of anilines is 1. The molecule has 0 unspecified atom stereocenters. The molecule has 2 aromatic rings. The Bertz CT molecular complexity index is 956. The highest BCUT2D eigenvalue weighted by Gasteiger charge is 2.17. The normalized spacial score (nSPS) is 14.7. The summed E-state index contributed by atoms with van der Waals surface area (Å²) in [5.41, 5.74) is 1.51. The van der Waals surface area contributed by atoms with Gasteiger partial charge in [0, 0.05) is 12.2 Å². The van der Waals surface area contributed by atoms with Crippen molar-refractivity contribution in [3.63, 3.8) is 0 Å². The number of halogens is 1. The molecule has 0 atom stereocenters. The third-order valence-corrected chi connectivity index (χ3v) is 6.66. The van der Waals surface area contributed by atoms with E-state index in [1.54, 1.807) is 24.3 Å². The molecule has 156 valence electrons. The van der Waals surface area contributed by atoms with Crippen LogP contribution in [0.25, 0.3) is 0 Å². The maximum atomic E-state index is 12.6. The van der Waals surface area contributed by atoms with Crippen LogP contribution in [0.3, 0.4) is 0 Å². The van der Waals surface area contributed by atoms with Crippen LogP contribution < -0.4 is 10.0 Å². The van der Waals surface area contributed by atoms with Gasteiger partial charge < -0.3 is 10.2 Å². The highest BCUT2D eigenvalue weighted by Crippen LogP contribution is 2.23. The number of nitrogens with one attached hydrogen (secondary N) is 2. The molecular formula is C21H26ClN3O3S. The summed E-state index contributed by atoms with van der Waals surface area (Å²) >= 11 is 6.17. The molecule has 2 aromatic carbocycles. The fourth-order valence-electron chi connectivity index (χ4n) is 3.30. The quantitative estimate of drug-likeness (QED) is 0.620. The van der Waals surface area contributed by atoms with Gasteiger partial charge in [0.15, 0.2) is 0 Å². The van der Waals surface area contributed by atoms with E-state index in [1.807, 2.05) is 6.92 Å². The molecule has 0 aromatic heterocycles. The van der Waals surface area contributed by atoms with Gasteiger partial charge in [-0.2, -0.15) is 0 Å². The molecule has 1 amide bonds. The van der Waals surface area contributed by atoms with Crippen LogP contribution in [0, 0.1) is 6.92 Å². The number of sulfonamides is 1. The predicted molar refractivity (Wildman–Crippen MR) is 116 cm³/mol. The molecule has 0 saturated carbocycles. The molecule has 29 heavy (non-hydrogen) atoms. The second kappa shape index (κ2) is 9.61. The Morgan fingerprint density at radius 3 is 2.48 bits per heavy atom. The fourth-order valence-corrected chi connectivity index (χ4v) is 4.55. The van der Waals surface area contributed by atoms with E-state index in [4.69, 9.17) is 11.6 Å². The first-order valence-corrected chi connectivity index (χ1v) is 11.6. The lowest BCUT2D eigenvalue weighted by Crippen LogP contribution is -2.29. The van der Waals surface area contributed by atoms with E-state index < -0.39 is 10.0 Å².